The number of hydrogen-bond acceptors (Lipinski definition) is 6. The van der Waals surface area contributed by atoms with E-state index in [4.69, 9.17) is 4.84 Å². The van der Waals surface area contributed by atoms with Crippen LogP contribution in [0.5, 0.6) is 5.75 Å². The van der Waals surface area contributed by atoms with E-state index in [0.717, 1.165) is 16.3 Å². The zero-order valence-corrected chi connectivity index (χ0v) is 19.0. The monoisotopic (exact) mass is 462 g/mol. The van der Waals surface area contributed by atoms with Crippen molar-refractivity contribution in [2.75, 3.05) is 0 Å². The Morgan fingerprint density at radius 3 is 2.49 bits per heavy atom. The van der Waals surface area contributed by atoms with Crippen molar-refractivity contribution in [1.29, 1.82) is 0 Å². The van der Waals surface area contributed by atoms with E-state index in [1.165, 1.54) is 10.9 Å². The third-order valence-electron chi connectivity index (χ3n) is 5.66. The first-order valence-corrected chi connectivity index (χ1v) is 11.1. The molecule has 7 nitrogen and oxygen atoms in total. The van der Waals surface area contributed by atoms with Crippen LogP contribution in [0, 0.1) is 0 Å². The number of nitrogens with zero attached hydrogens (tertiary/aromatic N) is 4. The quantitative estimate of drug-likeness (QED) is 0.282. The highest BCUT2D eigenvalue weighted by Crippen LogP contribution is 2.25. The lowest BCUT2D eigenvalue weighted by atomic mass is 10.0. The van der Waals surface area contributed by atoms with Crippen LogP contribution in [-0.4, -0.2) is 26.7 Å². The van der Waals surface area contributed by atoms with Crippen molar-refractivity contribution >= 4 is 33.6 Å². The Morgan fingerprint density at radius 2 is 1.66 bits per heavy atom. The SMILES string of the molecule is CC(=NOCc1nc2ccccc2c(=O)n1N=Cc1c(O)ccc2ccccc12)c1ccccc1. The van der Waals surface area contributed by atoms with Crippen LogP contribution in [0.4, 0.5) is 0 Å². The number of phenolic OH excluding ortho intramolecular Hbond substituents is 1. The molecule has 1 heterocycles. The van der Waals surface area contributed by atoms with Crippen LogP contribution in [0.2, 0.25) is 0 Å². The molecule has 1 aromatic heterocycles. The van der Waals surface area contributed by atoms with Gasteiger partial charge in [0.25, 0.3) is 5.56 Å². The van der Waals surface area contributed by atoms with Crippen LogP contribution in [-0.2, 0) is 11.4 Å². The van der Waals surface area contributed by atoms with Crippen molar-refractivity contribution in [1.82, 2.24) is 9.66 Å². The molecule has 0 amide bonds. The summed E-state index contributed by atoms with van der Waals surface area (Å²) in [7, 11) is 0. The molecule has 0 aliphatic carbocycles. The fourth-order valence-corrected chi connectivity index (χ4v) is 3.84. The molecular weight excluding hydrogens is 440 g/mol. The summed E-state index contributed by atoms with van der Waals surface area (Å²) in [6.45, 7) is 1.78. The largest absolute Gasteiger partial charge is 0.507 e. The second-order valence-electron chi connectivity index (χ2n) is 7.94. The Hall–Kier alpha value is -4.78. The minimum Gasteiger partial charge on any atom is -0.507 e. The lowest BCUT2D eigenvalue weighted by molar-refractivity contribution is 0.122. The van der Waals surface area contributed by atoms with Gasteiger partial charge in [-0.2, -0.15) is 9.78 Å². The minimum atomic E-state index is -0.339. The van der Waals surface area contributed by atoms with Gasteiger partial charge in [-0.1, -0.05) is 78.0 Å². The van der Waals surface area contributed by atoms with Crippen LogP contribution in [0.25, 0.3) is 21.7 Å². The Balaban J connectivity index is 1.55. The maximum absolute atomic E-state index is 13.3. The predicted molar refractivity (Wildman–Crippen MR) is 138 cm³/mol. The molecule has 0 atom stereocenters. The van der Waals surface area contributed by atoms with Gasteiger partial charge in [0.1, 0.15) is 5.75 Å². The van der Waals surface area contributed by atoms with Crippen molar-refractivity contribution in [3.63, 3.8) is 0 Å². The van der Waals surface area contributed by atoms with Crippen molar-refractivity contribution in [3.05, 3.63) is 118 Å². The molecule has 1 N–H and O–H groups in total. The average Bonchev–Trinajstić information content (AvgIpc) is 2.90. The van der Waals surface area contributed by atoms with Gasteiger partial charge in [-0.25, -0.2) is 4.98 Å². The highest BCUT2D eigenvalue weighted by Gasteiger charge is 2.12. The first-order valence-electron chi connectivity index (χ1n) is 11.1. The number of oxime groups is 1. The average molecular weight is 463 g/mol. The summed E-state index contributed by atoms with van der Waals surface area (Å²) in [5, 5.41) is 21.3. The number of phenols is 1. The third-order valence-corrected chi connectivity index (χ3v) is 5.66. The van der Waals surface area contributed by atoms with Gasteiger partial charge in [-0.3, -0.25) is 4.79 Å². The summed E-state index contributed by atoms with van der Waals surface area (Å²) in [5.74, 6) is 0.351. The third kappa shape index (κ3) is 4.52. The van der Waals surface area contributed by atoms with Crippen molar-refractivity contribution < 1.29 is 9.94 Å². The summed E-state index contributed by atoms with van der Waals surface area (Å²) < 4.78 is 1.19. The molecule has 0 aliphatic heterocycles. The molecule has 172 valence electrons. The second kappa shape index (κ2) is 9.61. The van der Waals surface area contributed by atoms with Crippen molar-refractivity contribution in [3.8, 4) is 5.75 Å². The maximum atomic E-state index is 13.3. The number of hydrogen-bond donors (Lipinski definition) is 1. The molecule has 0 aliphatic rings. The number of aromatic hydroxyl groups is 1. The number of fused-ring (bicyclic) bond motifs is 2. The van der Waals surface area contributed by atoms with Gasteiger partial charge in [0.05, 0.1) is 22.8 Å². The van der Waals surface area contributed by atoms with E-state index in [1.54, 1.807) is 24.3 Å². The molecule has 7 heteroatoms. The Kier molecular flexibility index (Phi) is 6.05. The topological polar surface area (TPSA) is 89.1 Å². The van der Waals surface area contributed by atoms with Gasteiger partial charge in [-0.15, -0.1) is 0 Å². The summed E-state index contributed by atoms with van der Waals surface area (Å²) in [6.07, 6.45) is 1.47. The molecule has 5 aromatic rings. The zero-order valence-electron chi connectivity index (χ0n) is 19.0. The summed E-state index contributed by atoms with van der Waals surface area (Å²) >= 11 is 0. The molecule has 0 unspecified atom stereocenters. The number of benzene rings is 4. The first kappa shape index (κ1) is 22.0. The number of para-hydroxylation sites is 1. The van der Waals surface area contributed by atoms with Gasteiger partial charge in [0.15, 0.2) is 12.4 Å². The molecular formula is C28H22N4O3. The first-order chi connectivity index (χ1) is 17.1. The van der Waals surface area contributed by atoms with E-state index in [-0.39, 0.29) is 23.7 Å². The summed E-state index contributed by atoms with van der Waals surface area (Å²) in [6, 6.07) is 27.8. The van der Waals surface area contributed by atoms with E-state index in [2.05, 4.69) is 15.2 Å². The molecule has 5 rings (SSSR count). The van der Waals surface area contributed by atoms with E-state index in [0.29, 0.717) is 22.2 Å². The van der Waals surface area contributed by atoms with Gasteiger partial charge in [-0.05, 0) is 41.5 Å². The summed E-state index contributed by atoms with van der Waals surface area (Å²) in [4.78, 5) is 23.5. The second-order valence-corrected chi connectivity index (χ2v) is 7.94. The van der Waals surface area contributed by atoms with Crippen molar-refractivity contribution in [2.24, 2.45) is 10.3 Å². The van der Waals surface area contributed by atoms with E-state index in [9.17, 15) is 9.90 Å². The van der Waals surface area contributed by atoms with Gasteiger partial charge in [0.2, 0.25) is 0 Å². The van der Waals surface area contributed by atoms with E-state index in [1.807, 2.05) is 73.7 Å². The number of aromatic nitrogens is 2. The molecule has 0 radical (unpaired) electrons. The van der Waals surface area contributed by atoms with Crippen LogP contribution < -0.4 is 5.56 Å². The smallest absolute Gasteiger partial charge is 0.282 e. The fraction of sp³-hybridized carbons (Fsp3) is 0.0714. The van der Waals surface area contributed by atoms with Gasteiger partial charge < -0.3 is 9.94 Å². The maximum Gasteiger partial charge on any atom is 0.282 e. The molecule has 0 saturated heterocycles. The van der Waals surface area contributed by atoms with E-state index >= 15 is 0 Å². The molecule has 0 saturated carbocycles. The highest BCUT2D eigenvalue weighted by molar-refractivity contribution is 6.02. The minimum absolute atomic E-state index is 0.0649. The van der Waals surface area contributed by atoms with Crippen LogP contribution >= 0.6 is 0 Å². The normalized spacial score (nSPS) is 12.0. The lowest BCUT2D eigenvalue weighted by Gasteiger charge is -2.09. The van der Waals surface area contributed by atoms with Crippen LogP contribution in [0.1, 0.15) is 23.9 Å². The van der Waals surface area contributed by atoms with Gasteiger partial charge in [0, 0.05) is 5.56 Å². The summed E-state index contributed by atoms with van der Waals surface area (Å²) in [5.41, 5.74) is 2.34. The molecule has 35 heavy (non-hydrogen) atoms. The molecule has 0 spiro atoms. The predicted octanol–water partition coefficient (Wildman–Crippen LogP) is 5.08. The fourth-order valence-electron chi connectivity index (χ4n) is 3.84. The highest BCUT2D eigenvalue weighted by atomic mass is 16.6. The Morgan fingerprint density at radius 1 is 0.943 bits per heavy atom. The Labute approximate surface area is 201 Å². The lowest BCUT2D eigenvalue weighted by Crippen LogP contribution is -2.22. The molecule has 0 bridgehead atoms. The molecule has 0 fully saturated rings. The zero-order chi connectivity index (χ0) is 24.2. The number of rotatable bonds is 6. The van der Waals surface area contributed by atoms with E-state index < -0.39 is 0 Å². The Bertz CT molecular complexity index is 1640. The van der Waals surface area contributed by atoms with Gasteiger partial charge >= 0.3 is 0 Å². The van der Waals surface area contributed by atoms with Crippen LogP contribution in [0.15, 0.2) is 106 Å². The van der Waals surface area contributed by atoms with Crippen LogP contribution in [0.3, 0.4) is 0 Å². The molecule has 4 aromatic carbocycles. The van der Waals surface area contributed by atoms with Crippen molar-refractivity contribution in [2.45, 2.75) is 13.5 Å². The standard InChI is InChI=1S/C28H22N4O3/c1-19(20-9-3-2-4-10-20)31-35-18-27-30-25-14-8-7-13-23(25)28(34)32(27)29-17-24-22-12-6-5-11-21(22)15-16-26(24)33/h2-17,33H,18H2,1H3.